The van der Waals surface area contributed by atoms with Crippen molar-refractivity contribution in [3.63, 3.8) is 0 Å². The minimum Gasteiger partial charge on any atom is -0.497 e. The van der Waals surface area contributed by atoms with Crippen LogP contribution in [0.5, 0.6) is 5.75 Å². The van der Waals surface area contributed by atoms with E-state index in [1.807, 2.05) is 12.1 Å². The number of aliphatic hydroxyl groups is 1. The molecule has 1 aromatic carbocycles. The van der Waals surface area contributed by atoms with Crippen molar-refractivity contribution in [2.75, 3.05) is 26.8 Å². The molecule has 0 aliphatic rings. The molecule has 0 aromatic heterocycles. The predicted molar refractivity (Wildman–Crippen MR) is 79.7 cm³/mol. The maximum absolute atomic E-state index is 9.18. The Labute approximate surface area is 117 Å². The summed E-state index contributed by atoms with van der Waals surface area (Å²) >= 11 is 0. The van der Waals surface area contributed by atoms with Gasteiger partial charge in [0.2, 0.25) is 0 Å². The van der Waals surface area contributed by atoms with Crippen molar-refractivity contribution in [1.29, 1.82) is 0 Å². The Morgan fingerprint density at radius 2 is 1.74 bits per heavy atom. The first-order valence-corrected chi connectivity index (χ1v) is 7.22. The lowest BCUT2D eigenvalue weighted by molar-refractivity contribution is 0.145. The zero-order valence-electron chi connectivity index (χ0n) is 12.4. The van der Waals surface area contributed by atoms with Crippen LogP contribution in [-0.4, -0.2) is 42.9 Å². The molecule has 1 rings (SSSR count). The summed E-state index contributed by atoms with van der Waals surface area (Å²) in [4.78, 5) is 2.39. The summed E-state index contributed by atoms with van der Waals surface area (Å²) in [6.07, 6.45) is 3.29. The van der Waals surface area contributed by atoms with E-state index in [0.29, 0.717) is 6.04 Å². The minimum absolute atomic E-state index is 0.235. The van der Waals surface area contributed by atoms with Crippen molar-refractivity contribution in [1.82, 2.24) is 4.90 Å². The molecule has 0 radical (unpaired) electrons. The van der Waals surface area contributed by atoms with E-state index in [2.05, 4.69) is 30.9 Å². The van der Waals surface area contributed by atoms with E-state index in [-0.39, 0.29) is 6.61 Å². The Bertz CT molecular complexity index is 333. The Morgan fingerprint density at radius 1 is 1.11 bits per heavy atom. The molecule has 0 aliphatic carbocycles. The second kappa shape index (κ2) is 8.94. The molecule has 0 saturated heterocycles. The second-order valence-corrected chi connectivity index (χ2v) is 4.83. The largest absolute Gasteiger partial charge is 0.497 e. The number of hydrogen-bond acceptors (Lipinski definition) is 3. The zero-order chi connectivity index (χ0) is 14.1. The average molecular weight is 265 g/mol. The van der Waals surface area contributed by atoms with Crippen LogP contribution in [0.25, 0.3) is 0 Å². The lowest BCUT2D eigenvalue weighted by atomic mass is 10.1. The fraction of sp³-hybridized carbons (Fsp3) is 0.625. The first-order chi connectivity index (χ1) is 9.24. The number of ether oxygens (including phenoxy) is 1. The average Bonchev–Trinajstić information content (AvgIpc) is 2.46. The summed E-state index contributed by atoms with van der Waals surface area (Å²) in [7, 11) is 1.69. The minimum atomic E-state index is 0.235. The van der Waals surface area contributed by atoms with E-state index in [0.717, 1.165) is 38.1 Å². The Kier molecular flexibility index (Phi) is 7.53. The van der Waals surface area contributed by atoms with Gasteiger partial charge >= 0.3 is 0 Å². The van der Waals surface area contributed by atoms with Crippen molar-refractivity contribution in [2.45, 2.75) is 39.2 Å². The summed E-state index contributed by atoms with van der Waals surface area (Å²) < 4.78 is 5.16. The monoisotopic (exact) mass is 265 g/mol. The molecule has 0 saturated carbocycles. The summed E-state index contributed by atoms with van der Waals surface area (Å²) in [6.45, 7) is 6.43. The van der Waals surface area contributed by atoms with Gasteiger partial charge in [-0.15, -0.1) is 0 Å². The molecular weight excluding hydrogens is 238 g/mol. The van der Waals surface area contributed by atoms with Gasteiger partial charge in [0.15, 0.2) is 0 Å². The highest BCUT2D eigenvalue weighted by Gasteiger charge is 2.14. The number of aliphatic hydroxyl groups excluding tert-OH is 1. The molecule has 1 aromatic rings. The van der Waals surface area contributed by atoms with Crippen molar-refractivity contribution in [3.8, 4) is 5.75 Å². The lowest BCUT2D eigenvalue weighted by Crippen LogP contribution is -2.38. The van der Waals surface area contributed by atoms with Crippen molar-refractivity contribution < 1.29 is 9.84 Å². The van der Waals surface area contributed by atoms with Crippen LogP contribution in [0.15, 0.2) is 24.3 Å². The Morgan fingerprint density at radius 3 is 2.21 bits per heavy atom. The smallest absolute Gasteiger partial charge is 0.118 e. The van der Waals surface area contributed by atoms with Crippen molar-refractivity contribution in [2.24, 2.45) is 0 Å². The third kappa shape index (κ3) is 5.21. The molecular formula is C16H27NO2. The molecule has 0 unspecified atom stereocenters. The second-order valence-electron chi connectivity index (χ2n) is 4.83. The van der Waals surface area contributed by atoms with Crippen LogP contribution < -0.4 is 4.74 Å². The summed E-state index contributed by atoms with van der Waals surface area (Å²) in [5, 5.41) is 9.18. The number of hydrogen-bond donors (Lipinski definition) is 1. The standard InChI is InChI=1S/C16H27NO2/c1-4-15(5-2)17(12-13-18)11-10-14-6-8-16(19-3)9-7-14/h6-9,15,18H,4-5,10-13H2,1-3H3. The highest BCUT2D eigenvalue weighted by Crippen LogP contribution is 2.14. The first-order valence-electron chi connectivity index (χ1n) is 7.22. The number of nitrogens with zero attached hydrogens (tertiary/aromatic N) is 1. The normalized spacial score (nSPS) is 11.3. The Hall–Kier alpha value is -1.06. The molecule has 3 heteroatoms. The number of methoxy groups -OCH3 is 1. The fourth-order valence-electron chi connectivity index (χ4n) is 2.48. The predicted octanol–water partition coefficient (Wildman–Crippen LogP) is 2.72. The molecule has 3 nitrogen and oxygen atoms in total. The van der Waals surface area contributed by atoms with Gasteiger partial charge in [0.05, 0.1) is 13.7 Å². The zero-order valence-corrected chi connectivity index (χ0v) is 12.4. The molecule has 19 heavy (non-hydrogen) atoms. The van der Waals surface area contributed by atoms with Crippen LogP contribution in [-0.2, 0) is 6.42 Å². The van der Waals surface area contributed by atoms with Gasteiger partial charge in [-0.1, -0.05) is 26.0 Å². The van der Waals surface area contributed by atoms with E-state index < -0.39 is 0 Å². The van der Waals surface area contributed by atoms with Crippen LogP contribution in [0.3, 0.4) is 0 Å². The molecule has 0 bridgehead atoms. The van der Waals surface area contributed by atoms with Crippen LogP contribution >= 0.6 is 0 Å². The molecule has 0 amide bonds. The van der Waals surface area contributed by atoms with Crippen LogP contribution in [0.1, 0.15) is 32.3 Å². The van der Waals surface area contributed by atoms with E-state index >= 15 is 0 Å². The van der Waals surface area contributed by atoms with E-state index in [4.69, 9.17) is 4.74 Å². The van der Waals surface area contributed by atoms with Crippen LogP contribution in [0, 0.1) is 0 Å². The van der Waals surface area contributed by atoms with Gasteiger partial charge in [-0.25, -0.2) is 0 Å². The van der Waals surface area contributed by atoms with Crippen LogP contribution in [0.2, 0.25) is 0 Å². The highest BCUT2D eigenvalue weighted by atomic mass is 16.5. The first kappa shape index (κ1) is 16.0. The molecule has 0 spiro atoms. The molecule has 0 aliphatic heterocycles. The van der Waals surface area contributed by atoms with Gasteiger partial charge in [-0.2, -0.15) is 0 Å². The number of benzene rings is 1. The van der Waals surface area contributed by atoms with Crippen LogP contribution in [0.4, 0.5) is 0 Å². The molecule has 0 fully saturated rings. The van der Waals surface area contributed by atoms with Crippen molar-refractivity contribution in [3.05, 3.63) is 29.8 Å². The van der Waals surface area contributed by atoms with Crippen molar-refractivity contribution >= 4 is 0 Å². The SMILES string of the molecule is CCC(CC)N(CCO)CCc1ccc(OC)cc1. The summed E-state index contributed by atoms with van der Waals surface area (Å²) in [5.41, 5.74) is 1.31. The van der Waals surface area contributed by atoms with Gasteiger partial charge in [0.25, 0.3) is 0 Å². The highest BCUT2D eigenvalue weighted by molar-refractivity contribution is 5.27. The topological polar surface area (TPSA) is 32.7 Å². The van der Waals surface area contributed by atoms with E-state index in [1.54, 1.807) is 7.11 Å². The summed E-state index contributed by atoms with van der Waals surface area (Å²) in [5.74, 6) is 0.899. The third-order valence-corrected chi connectivity index (χ3v) is 3.69. The molecule has 0 atom stereocenters. The lowest BCUT2D eigenvalue weighted by Gasteiger charge is -2.29. The molecule has 108 valence electrons. The van der Waals surface area contributed by atoms with E-state index in [9.17, 15) is 5.11 Å². The fourth-order valence-corrected chi connectivity index (χ4v) is 2.48. The molecule has 0 heterocycles. The molecule has 1 N–H and O–H groups in total. The van der Waals surface area contributed by atoms with Gasteiger partial charge in [-0.3, -0.25) is 4.90 Å². The van der Waals surface area contributed by atoms with E-state index in [1.165, 1.54) is 5.56 Å². The van der Waals surface area contributed by atoms with Gasteiger partial charge < -0.3 is 9.84 Å². The Balaban J connectivity index is 2.54. The van der Waals surface area contributed by atoms with Gasteiger partial charge in [0, 0.05) is 19.1 Å². The summed E-state index contributed by atoms with van der Waals surface area (Å²) in [6, 6.07) is 8.81. The number of rotatable bonds is 9. The van der Waals surface area contributed by atoms with Gasteiger partial charge in [0.1, 0.15) is 5.75 Å². The van der Waals surface area contributed by atoms with Gasteiger partial charge in [-0.05, 0) is 37.0 Å². The maximum atomic E-state index is 9.18. The maximum Gasteiger partial charge on any atom is 0.118 e. The third-order valence-electron chi connectivity index (χ3n) is 3.69. The quantitative estimate of drug-likeness (QED) is 0.745.